The molecule has 1 aromatic carbocycles. The van der Waals surface area contributed by atoms with E-state index < -0.39 is 10.0 Å². The predicted molar refractivity (Wildman–Crippen MR) is 134 cm³/mol. The SMILES string of the molecule is Cc1ccnc(NC(=O)C2CCN(C(=O)c3ccc(S(=O)(=O)N(C)C4CCCCC4)cc3)CC2)c1. The lowest BCUT2D eigenvalue weighted by Crippen LogP contribution is -2.41. The summed E-state index contributed by atoms with van der Waals surface area (Å²) in [4.78, 5) is 31.7. The number of benzene rings is 1. The molecule has 1 aliphatic heterocycles. The molecule has 0 radical (unpaired) electrons. The van der Waals surface area contributed by atoms with Crippen LogP contribution in [0.4, 0.5) is 5.82 Å². The number of piperidine rings is 1. The average molecular weight is 499 g/mol. The van der Waals surface area contributed by atoms with Crippen LogP contribution in [0.1, 0.15) is 60.9 Å². The quantitative estimate of drug-likeness (QED) is 0.652. The molecule has 2 aromatic rings. The summed E-state index contributed by atoms with van der Waals surface area (Å²) in [6.07, 6.45) is 7.86. The van der Waals surface area contributed by atoms with Crippen LogP contribution in [0.15, 0.2) is 47.5 Å². The number of aromatic nitrogens is 1. The number of aryl methyl sites for hydroxylation is 1. The molecular formula is C26H34N4O4S. The molecule has 4 rings (SSSR count). The molecule has 2 heterocycles. The Hall–Kier alpha value is -2.78. The first-order valence-corrected chi connectivity index (χ1v) is 13.8. The van der Waals surface area contributed by atoms with Gasteiger partial charge in [0.15, 0.2) is 0 Å². The van der Waals surface area contributed by atoms with Crippen LogP contribution in [0.25, 0.3) is 0 Å². The number of amides is 2. The van der Waals surface area contributed by atoms with Gasteiger partial charge < -0.3 is 10.2 Å². The number of rotatable bonds is 6. The Kier molecular flexibility index (Phi) is 7.86. The molecule has 1 saturated heterocycles. The molecule has 0 bridgehead atoms. The second-order valence-electron chi connectivity index (χ2n) is 9.61. The van der Waals surface area contributed by atoms with Crippen molar-refractivity contribution in [3.63, 3.8) is 0 Å². The van der Waals surface area contributed by atoms with Crippen molar-refractivity contribution in [3.8, 4) is 0 Å². The molecule has 9 heteroatoms. The lowest BCUT2D eigenvalue weighted by Gasteiger charge is -2.31. The van der Waals surface area contributed by atoms with Crippen molar-refractivity contribution in [2.75, 3.05) is 25.5 Å². The van der Waals surface area contributed by atoms with Gasteiger partial charge in [0, 0.05) is 43.9 Å². The van der Waals surface area contributed by atoms with Crippen LogP contribution in [0.3, 0.4) is 0 Å². The molecule has 0 unspecified atom stereocenters. The lowest BCUT2D eigenvalue weighted by atomic mass is 9.95. The van der Waals surface area contributed by atoms with Crippen molar-refractivity contribution in [2.24, 2.45) is 5.92 Å². The number of carbonyl (C=O) groups is 2. The number of hydrogen-bond acceptors (Lipinski definition) is 5. The van der Waals surface area contributed by atoms with E-state index in [1.165, 1.54) is 16.4 Å². The Labute approximate surface area is 207 Å². The monoisotopic (exact) mass is 498 g/mol. The van der Waals surface area contributed by atoms with Gasteiger partial charge in [-0.3, -0.25) is 9.59 Å². The number of nitrogens with zero attached hydrogens (tertiary/aromatic N) is 3. The van der Waals surface area contributed by atoms with Gasteiger partial charge in [-0.1, -0.05) is 19.3 Å². The Bertz CT molecular complexity index is 1150. The van der Waals surface area contributed by atoms with Gasteiger partial charge in [0.1, 0.15) is 5.82 Å². The molecule has 0 atom stereocenters. The molecule has 2 amide bonds. The van der Waals surface area contributed by atoms with Crippen LogP contribution in [0, 0.1) is 12.8 Å². The second kappa shape index (κ2) is 10.9. The van der Waals surface area contributed by atoms with Crippen molar-refractivity contribution in [3.05, 3.63) is 53.7 Å². The van der Waals surface area contributed by atoms with Gasteiger partial charge in [-0.05, 0) is 74.6 Å². The third kappa shape index (κ3) is 5.90. The maximum atomic E-state index is 13.1. The molecule has 1 aliphatic carbocycles. The number of sulfonamides is 1. The van der Waals surface area contributed by atoms with E-state index in [2.05, 4.69) is 10.3 Å². The molecule has 1 saturated carbocycles. The Balaban J connectivity index is 1.33. The standard InChI is InChI=1S/C26H34N4O4S/c1-19-12-15-27-24(18-19)28-25(31)20-13-16-30(17-14-20)26(32)21-8-10-23(11-9-21)35(33,34)29(2)22-6-4-3-5-7-22/h8-12,15,18,20,22H,3-7,13-14,16-17H2,1-2H3,(H,27,28,31). The highest BCUT2D eigenvalue weighted by Gasteiger charge is 2.30. The number of nitrogens with one attached hydrogen (secondary N) is 1. The van der Waals surface area contributed by atoms with E-state index in [0.717, 1.165) is 37.7 Å². The molecular weight excluding hydrogens is 464 g/mol. The first-order valence-electron chi connectivity index (χ1n) is 12.4. The van der Waals surface area contributed by atoms with Crippen LogP contribution in [-0.4, -0.2) is 60.6 Å². The van der Waals surface area contributed by atoms with Crippen molar-refractivity contribution in [1.82, 2.24) is 14.2 Å². The number of pyridine rings is 1. The second-order valence-corrected chi connectivity index (χ2v) is 11.6. The van der Waals surface area contributed by atoms with Gasteiger partial charge in [0.2, 0.25) is 15.9 Å². The predicted octanol–water partition coefficient (Wildman–Crippen LogP) is 3.83. The minimum absolute atomic E-state index is 0.0373. The zero-order valence-electron chi connectivity index (χ0n) is 20.4. The summed E-state index contributed by atoms with van der Waals surface area (Å²) in [6, 6.07) is 9.96. The molecule has 188 valence electrons. The minimum atomic E-state index is -3.59. The Morgan fingerprint density at radius 3 is 2.29 bits per heavy atom. The van der Waals surface area contributed by atoms with Crippen LogP contribution in [0.5, 0.6) is 0 Å². The average Bonchev–Trinajstić information content (AvgIpc) is 2.88. The number of likely N-dealkylation sites (tertiary alicyclic amines) is 1. The van der Waals surface area contributed by atoms with Crippen LogP contribution >= 0.6 is 0 Å². The Morgan fingerprint density at radius 2 is 1.66 bits per heavy atom. The number of hydrogen-bond donors (Lipinski definition) is 1. The van der Waals surface area contributed by atoms with E-state index >= 15 is 0 Å². The molecule has 0 spiro atoms. The zero-order valence-corrected chi connectivity index (χ0v) is 21.3. The first-order chi connectivity index (χ1) is 16.8. The van der Waals surface area contributed by atoms with E-state index in [0.29, 0.717) is 37.3 Å². The molecule has 8 nitrogen and oxygen atoms in total. The van der Waals surface area contributed by atoms with E-state index in [-0.39, 0.29) is 28.7 Å². The third-order valence-electron chi connectivity index (χ3n) is 7.19. The van der Waals surface area contributed by atoms with Crippen LogP contribution in [-0.2, 0) is 14.8 Å². The minimum Gasteiger partial charge on any atom is -0.339 e. The van der Waals surface area contributed by atoms with Crippen molar-refractivity contribution >= 4 is 27.7 Å². The van der Waals surface area contributed by atoms with Gasteiger partial charge in [0.05, 0.1) is 4.90 Å². The van der Waals surface area contributed by atoms with Gasteiger partial charge in [-0.25, -0.2) is 13.4 Å². The fourth-order valence-electron chi connectivity index (χ4n) is 4.94. The molecule has 1 aromatic heterocycles. The summed E-state index contributed by atoms with van der Waals surface area (Å²) in [5.41, 5.74) is 1.48. The highest BCUT2D eigenvalue weighted by Crippen LogP contribution is 2.27. The lowest BCUT2D eigenvalue weighted by molar-refractivity contribution is -0.121. The smallest absolute Gasteiger partial charge is 0.253 e. The maximum absolute atomic E-state index is 13.1. The summed E-state index contributed by atoms with van der Waals surface area (Å²) in [7, 11) is -1.94. The van der Waals surface area contributed by atoms with Gasteiger partial charge >= 0.3 is 0 Å². The van der Waals surface area contributed by atoms with E-state index in [1.807, 2.05) is 19.1 Å². The molecule has 2 fully saturated rings. The zero-order chi connectivity index (χ0) is 25.0. The van der Waals surface area contributed by atoms with Crippen molar-refractivity contribution in [2.45, 2.75) is 62.8 Å². The fourth-order valence-corrected chi connectivity index (χ4v) is 6.35. The van der Waals surface area contributed by atoms with Crippen LogP contribution in [0.2, 0.25) is 0 Å². The summed E-state index contributed by atoms with van der Waals surface area (Å²) in [5.74, 6) is 0.141. The maximum Gasteiger partial charge on any atom is 0.253 e. The topological polar surface area (TPSA) is 99.7 Å². The Morgan fingerprint density at radius 1 is 1.00 bits per heavy atom. The molecule has 1 N–H and O–H groups in total. The fraction of sp³-hybridized carbons (Fsp3) is 0.500. The highest BCUT2D eigenvalue weighted by molar-refractivity contribution is 7.89. The van der Waals surface area contributed by atoms with E-state index in [4.69, 9.17) is 0 Å². The van der Waals surface area contributed by atoms with Crippen LogP contribution < -0.4 is 5.32 Å². The molecule has 2 aliphatic rings. The van der Waals surface area contributed by atoms with Crippen molar-refractivity contribution < 1.29 is 18.0 Å². The van der Waals surface area contributed by atoms with Gasteiger partial charge in [0.25, 0.3) is 5.91 Å². The first kappa shape index (κ1) is 25.3. The summed E-state index contributed by atoms with van der Waals surface area (Å²) >= 11 is 0. The number of anilines is 1. The summed E-state index contributed by atoms with van der Waals surface area (Å²) in [5, 5.41) is 2.87. The number of carbonyl (C=O) groups excluding carboxylic acids is 2. The van der Waals surface area contributed by atoms with Gasteiger partial charge in [-0.15, -0.1) is 0 Å². The largest absolute Gasteiger partial charge is 0.339 e. The summed E-state index contributed by atoms with van der Waals surface area (Å²) < 4.78 is 27.6. The molecule has 35 heavy (non-hydrogen) atoms. The van der Waals surface area contributed by atoms with Crippen molar-refractivity contribution in [1.29, 1.82) is 0 Å². The van der Waals surface area contributed by atoms with E-state index in [9.17, 15) is 18.0 Å². The summed E-state index contributed by atoms with van der Waals surface area (Å²) in [6.45, 7) is 2.89. The highest BCUT2D eigenvalue weighted by atomic mass is 32.2. The normalized spacial score (nSPS) is 18.0. The third-order valence-corrected chi connectivity index (χ3v) is 9.11. The van der Waals surface area contributed by atoms with E-state index in [1.54, 1.807) is 30.3 Å². The van der Waals surface area contributed by atoms with Gasteiger partial charge in [-0.2, -0.15) is 4.31 Å².